The van der Waals surface area contributed by atoms with Gasteiger partial charge in [0.25, 0.3) is 5.91 Å². The van der Waals surface area contributed by atoms with Crippen LogP contribution in [0.4, 0.5) is 0 Å². The fourth-order valence-corrected chi connectivity index (χ4v) is 1.99. The summed E-state index contributed by atoms with van der Waals surface area (Å²) in [6.07, 6.45) is 3.53. The van der Waals surface area contributed by atoms with E-state index in [4.69, 9.17) is 16.6 Å². The first-order valence-electron chi connectivity index (χ1n) is 7.41. The van der Waals surface area contributed by atoms with Gasteiger partial charge in [-0.2, -0.15) is 0 Å². The first-order valence-corrected chi connectivity index (χ1v) is 7.82. The molecule has 0 radical (unpaired) electrons. The van der Waals surface area contributed by atoms with Crippen molar-refractivity contribution >= 4 is 35.3 Å². The van der Waals surface area contributed by atoms with E-state index in [1.165, 1.54) is 19.3 Å². The van der Waals surface area contributed by atoms with Crippen LogP contribution in [0.2, 0.25) is 0 Å². The van der Waals surface area contributed by atoms with Gasteiger partial charge in [-0.1, -0.05) is 0 Å². The molecule has 0 saturated heterocycles. The van der Waals surface area contributed by atoms with Gasteiger partial charge in [-0.3, -0.25) is 20.4 Å². The molecule has 0 atom stereocenters. The molecule has 0 aliphatic rings. The predicted octanol–water partition coefficient (Wildman–Crippen LogP) is 1.69. The number of carbonyl (C=O) groups excluding carboxylic acids is 2. The van der Waals surface area contributed by atoms with Gasteiger partial charge >= 0.3 is 5.97 Å². The van der Waals surface area contributed by atoms with Gasteiger partial charge in [0.1, 0.15) is 11.5 Å². The average molecular weight is 353 g/mol. The second-order valence-corrected chi connectivity index (χ2v) is 6.44. The van der Waals surface area contributed by atoms with Crippen molar-refractivity contribution in [2.75, 3.05) is 7.11 Å². The van der Waals surface area contributed by atoms with Gasteiger partial charge in [-0.05, 0) is 51.2 Å². The molecule has 0 saturated carbocycles. The summed E-state index contributed by atoms with van der Waals surface area (Å²) < 4.78 is 10.1. The lowest BCUT2D eigenvalue weighted by Gasteiger charge is -2.22. The highest BCUT2D eigenvalue weighted by molar-refractivity contribution is 7.80. The lowest BCUT2D eigenvalue weighted by atomic mass is 10.1. The molecule has 0 aliphatic carbocycles. The molecule has 1 aromatic heterocycles. The van der Waals surface area contributed by atoms with Crippen molar-refractivity contribution in [1.29, 1.82) is 0 Å². The van der Waals surface area contributed by atoms with Crippen LogP contribution in [0.25, 0.3) is 6.08 Å². The summed E-state index contributed by atoms with van der Waals surface area (Å²) in [6, 6.07) is 3.47. The normalized spacial score (nSPS) is 11.2. The van der Waals surface area contributed by atoms with Crippen molar-refractivity contribution in [2.24, 2.45) is 0 Å². The Morgan fingerprint density at radius 3 is 2.62 bits per heavy atom. The predicted molar refractivity (Wildman–Crippen MR) is 94.8 cm³/mol. The second-order valence-electron chi connectivity index (χ2n) is 6.03. The summed E-state index contributed by atoms with van der Waals surface area (Å²) in [4.78, 5) is 22.8. The zero-order valence-corrected chi connectivity index (χ0v) is 15.1. The highest BCUT2D eigenvalue weighted by atomic mass is 32.1. The molecule has 0 bridgehead atoms. The van der Waals surface area contributed by atoms with Crippen LogP contribution in [-0.4, -0.2) is 29.6 Å². The standard InChI is InChI=1S/C16H23N3O4S/c1-16(2,3)17-15(24)19-18-13(20)9-7-11-5-6-12(23-11)8-10-14(21)22-4/h5-7,9H,8,10H2,1-4H3,(H,18,20)(H2,17,19,24)/b9-7+. The molecule has 7 nitrogen and oxygen atoms in total. The third-order valence-electron chi connectivity index (χ3n) is 2.67. The van der Waals surface area contributed by atoms with Gasteiger partial charge in [0.05, 0.1) is 13.5 Å². The zero-order valence-electron chi connectivity index (χ0n) is 14.3. The van der Waals surface area contributed by atoms with E-state index in [1.807, 2.05) is 20.8 Å². The van der Waals surface area contributed by atoms with Crippen LogP contribution < -0.4 is 16.2 Å². The molecule has 0 fully saturated rings. The van der Waals surface area contributed by atoms with E-state index in [2.05, 4.69) is 20.9 Å². The van der Waals surface area contributed by atoms with Crippen LogP contribution in [0.3, 0.4) is 0 Å². The molecule has 1 rings (SSSR count). The number of carbonyl (C=O) groups is 2. The molecule has 1 aromatic rings. The molecule has 3 N–H and O–H groups in total. The van der Waals surface area contributed by atoms with E-state index in [1.54, 1.807) is 12.1 Å². The number of hydrazine groups is 1. The highest BCUT2D eigenvalue weighted by Gasteiger charge is 2.10. The Hall–Kier alpha value is -2.35. The minimum absolute atomic E-state index is 0.195. The van der Waals surface area contributed by atoms with E-state index < -0.39 is 0 Å². The molecule has 0 spiro atoms. The maximum absolute atomic E-state index is 11.7. The first-order chi connectivity index (χ1) is 11.2. The number of thiocarbonyl (C=S) groups is 1. The topological polar surface area (TPSA) is 92.6 Å². The van der Waals surface area contributed by atoms with Crippen LogP contribution in [0.5, 0.6) is 0 Å². The van der Waals surface area contributed by atoms with Crippen LogP contribution in [0, 0.1) is 0 Å². The number of nitrogens with one attached hydrogen (secondary N) is 3. The van der Waals surface area contributed by atoms with E-state index in [-0.39, 0.29) is 23.8 Å². The van der Waals surface area contributed by atoms with E-state index >= 15 is 0 Å². The third kappa shape index (κ3) is 8.33. The van der Waals surface area contributed by atoms with Gasteiger partial charge in [-0.25, -0.2) is 0 Å². The summed E-state index contributed by atoms with van der Waals surface area (Å²) in [5, 5.41) is 3.33. The summed E-state index contributed by atoms with van der Waals surface area (Å²) in [5.74, 6) is 0.490. The zero-order chi connectivity index (χ0) is 18.2. The highest BCUT2D eigenvalue weighted by Crippen LogP contribution is 2.11. The summed E-state index contributed by atoms with van der Waals surface area (Å²) >= 11 is 5.04. The number of esters is 1. The van der Waals surface area contributed by atoms with Crippen molar-refractivity contribution in [3.63, 3.8) is 0 Å². The number of ether oxygens (including phenoxy) is 1. The largest absolute Gasteiger partial charge is 0.469 e. The number of furan rings is 1. The summed E-state index contributed by atoms with van der Waals surface area (Å²) in [5.41, 5.74) is 4.86. The van der Waals surface area contributed by atoms with Gasteiger partial charge in [0, 0.05) is 18.0 Å². The van der Waals surface area contributed by atoms with Crippen molar-refractivity contribution < 1.29 is 18.7 Å². The van der Waals surface area contributed by atoms with Crippen LogP contribution in [-0.2, 0) is 20.7 Å². The van der Waals surface area contributed by atoms with Crippen molar-refractivity contribution in [1.82, 2.24) is 16.2 Å². The number of hydrogen-bond donors (Lipinski definition) is 3. The molecule has 24 heavy (non-hydrogen) atoms. The Kier molecular flexibility index (Phi) is 7.44. The lowest BCUT2D eigenvalue weighted by Crippen LogP contribution is -2.51. The van der Waals surface area contributed by atoms with Crippen molar-refractivity contribution in [3.05, 3.63) is 29.7 Å². The maximum atomic E-state index is 11.7. The molecule has 1 amide bonds. The Balaban J connectivity index is 2.40. The minimum atomic E-state index is -0.374. The first kappa shape index (κ1) is 19.7. The van der Waals surface area contributed by atoms with E-state index in [0.717, 1.165) is 0 Å². The van der Waals surface area contributed by atoms with Crippen LogP contribution in [0.1, 0.15) is 38.7 Å². The quantitative estimate of drug-likeness (QED) is 0.321. The molecule has 132 valence electrons. The fraction of sp³-hybridized carbons (Fsp3) is 0.438. The Bertz CT molecular complexity index is 617. The Labute approximate surface area is 146 Å². The molecule has 8 heteroatoms. The lowest BCUT2D eigenvalue weighted by molar-refractivity contribution is -0.140. The van der Waals surface area contributed by atoms with Crippen LogP contribution in [0.15, 0.2) is 22.6 Å². The second kappa shape index (κ2) is 9.07. The molecular formula is C16H23N3O4S. The molecule has 0 unspecified atom stereocenters. The summed E-state index contributed by atoms with van der Waals surface area (Å²) in [7, 11) is 1.34. The van der Waals surface area contributed by atoms with Gasteiger partial charge in [-0.15, -0.1) is 0 Å². The number of hydrogen-bond acceptors (Lipinski definition) is 5. The summed E-state index contributed by atoms with van der Waals surface area (Å²) in [6.45, 7) is 5.87. The van der Waals surface area contributed by atoms with Gasteiger partial charge in [0.15, 0.2) is 5.11 Å². The fourth-order valence-electron chi connectivity index (χ4n) is 1.64. The Morgan fingerprint density at radius 2 is 2.00 bits per heavy atom. The average Bonchev–Trinajstić information content (AvgIpc) is 2.94. The van der Waals surface area contributed by atoms with Crippen LogP contribution >= 0.6 is 12.2 Å². The smallest absolute Gasteiger partial charge is 0.305 e. The maximum Gasteiger partial charge on any atom is 0.305 e. The van der Waals surface area contributed by atoms with Gasteiger partial charge < -0.3 is 14.5 Å². The van der Waals surface area contributed by atoms with E-state index in [0.29, 0.717) is 23.1 Å². The van der Waals surface area contributed by atoms with Gasteiger partial charge in [0.2, 0.25) is 0 Å². The minimum Gasteiger partial charge on any atom is -0.469 e. The SMILES string of the molecule is COC(=O)CCc1ccc(/C=C/C(=O)NNC(=S)NC(C)(C)C)o1. The number of methoxy groups -OCH3 is 1. The van der Waals surface area contributed by atoms with Crippen molar-refractivity contribution in [2.45, 2.75) is 39.2 Å². The molecule has 1 heterocycles. The number of aryl methyl sites for hydroxylation is 1. The third-order valence-corrected chi connectivity index (χ3v) is 2.88. The number of amides is 1. The monoisotopic (exact) mass is 353 g/mol. The molecule has 0 aromatic carbocycles. The molecule has 0 aliphatic heterocycles. The van der Waals surface area contributed by atoms with Crippen molar-refractivity contribution in [3.8, 4) is 0 Å². The van der Waals surface area contributed by atoms with E-state index in [9.17, 15) is 9.59 Å². The molecular weight excluding hydrogens is 330 g/mol. The number of rotatable bonds is 5. The Morgan fingerprint density at radius 1 is 1.29 bits per heavy atom.